The van der Waals surface area contributed by atoms with Crippen molar-refractivity contribution in [2.45, 2.75) is 18.8 Å². The van der Waals surface area contributed by atoms with Crippen molar-refractivity contribution in [1.82, 2.24) is 0 Å². The fraction of sp³-hybridized carbons (Fsp3) is 0.400. The fourth-order valence-electron chi connectivity index (χ4n) is 1.42. The van der Waals surface area contributed by atoms with E-state index in [1.165, 1.54) is 18.4 Å². The van der Waals surface area contributed by atoms with Gasteiger partial charge in [-0.15, -0.1) is 0 Å². The molecule has 64 valence electrons. The van der Waals surface area contributed by atoms with Crippen LogP contribution < -0.4 is 10.5 Å². The first-order valence-corrected chi connectivity index (χ1v) is 4.24. The van der Waals surface area contributed by atoms with E-state index < -0.39 is 0 Å². The van der Waals surface area contributed by atoms with Gasteiger partial charge in [0.15, 0.2) is 0 Å². The minimum absolute atomic E-state index is 0.752. The molecule has 1 aliphatic rings. The highest BCUT2D eigenvalue weighted by Gasteiger charge is 2.23. The second-order valence-electron chi connectivity index (χ2n) is 3.28. The van der Waals surface area contributed by atoms with E-state index in [-0.39, 0.29) is 0 Å². The Morgan fingerprint density at radius 3 is 2.67 bits per heavy atom. The van der Waals surface area contributed by atoms with E-state index in [1.807, 2.05) is 12.1 Å². The van der Waals surface area contributed by atoms with Gasteiger partial charge in [-0.3, -0.25) is 0 Å². The van der Waals surface area contributed by atoms with Crippen molar-refractivity contribution in [3.8, 4) is 5.75 Å². The second-order valence-corrected chi connectivity index (χ2v) is 3.28. The van der Waals surface area contributed by atoms with Crippen LogP contribution in [-0.2, 0) is 0 Å². The van der Waals surface area contributed by atoms with Crippen molar-refractivity contribution < 1.29 is 4.74 Å². The maximum absolute atomic E-state index is 5.77. The molecule has 0 saturated heterocycles. The van der Waals surface area contributed by atoms with E-state index in [2.05, 4.69) is 6.07 Å². The highest BCUT2D eigenvalue weighted by atomic mass is 16.5. The zero-order valence-corrected chi connectivity index (χ0v) is 7.21. The topological polar surface area (TPSA) is 35.2 Å². The molecule has 2 heteroatoms. The molecule has 1 saturated carbocycles. The quantitative estimate of drug-likeness (QED) is 0.678. The van der Waals surface area contributed by atoms with Gasteiger partial charge in [-0.1, -0.05) is 6.07 Å². The van der Waals surface area contributed by atoms with Crippen molar-refractivity contribution in [3.63, 3.8) is 0 Å². The van der Waals surface area contributed by atoms with Crippen molar-refractivity contribution in [2.75, 3.05) is 12.8 Å². The van der Waals surface area contributed by atoms with Crippen LogP contribution in [0, 0.1) is 0 Å². The van der Waals surface area contributed by atoms with Crippen LogP contribution in [0.3, 0.4) is 0 Å². The number of nitrogens with two attached hydrogens (primary N) is 1. The summed E-state index contributed by atoms with van der Waals surface area (Å²) in [5.41, 5.74) is 7.88. The molecule has 0 aromatic heterocycles. The van der Waals surface area contributed by atoms with Crippen LogP contribution in [0.5, 0.6) is 5.75 Å². The Morgan fingerprint density at radius 1 is 1.42 bits per heavy atom. The summed E-state index contributed by atoms with van der Waals surface area (Å²) in [6.45, 7) is 0. The Labute approximate surface area is 72.3 Å². The Hall–Kier alpha value is -1.18. The zero-order valence-electron chi connectivity index (χ0n) is 7.21. The largest absolute Gasteiger partial charge is 0.495 e. The number of hydrogen-bond acceptors (Lipinski definition) is 2. The third-order valence-electron chi connectivity index (χ3n) is 2.30. The molecule has 1 aliphatic carbocycles. The highest BCUT2D eigenvalue weighted by molar-refractivity contribution is 5.55. The first kappa shape index (κ1) is 7.47. The van der Waals surface area contributed by atoms with E-state index in [1.54, 1.807) is 7.11 Å². The van der Waals surface area contributed by atoms with Crippen LogP contribution >= 0.6 is 0 Å². The molecule has 0 unspecified atom stereocenters. The molecule has 1 aromatic rings. The van der Waals surface area contributed by atoms with Gasteiger partial charge in [0.25, 0.3) is 0 Å². The van der Waals surface area contributed by atoms with Crippen LogP contribution in [0.25, 0.3) is 0 Å². The summed E-state index contributed by atoms with van der Waals surface area (Å²) in [6.07, 6.45) is 2.62. The first-order valence-electron chi connectivity index (χ1n) is 4.24. The molecule has 2 nitrogen and oxygen atoms in total. The summed E-state index contributed by atoms with van der Waals surface area (Å²) in [5.74, 6) is 1.54. The molecule has 0 bridgehead atoms. The summed E-state index contributed by atoms with van der Waals surface area (Å²) in [7, 11) is 1.64. The molecule has 0 radical (unpaired) electrons. The minimum Gasteiger partial charge on any atom is -0.495 e. The Balaban J connectivity index is 2.30. The molecule has 0 heterocycles. The lowest BCUT2D eigenvalue weighted by molar-refractivity contribution is 0.417. The Kier molecular flexibility index (Phi) is 1.68. The van der Waals surface area contributed by atoms with Crippen LogP contribution in [0.2, 0.25) is 0 Å². The average Bonchev–Trinajstić information content (AvgIpc) is 2.86. The molecule has 0 spiro atoms. The van der Waals surface area contributed by atoms with Gasteiger partial charge < -0.3 is 10.5 Å². The fourth-order valence-corrected chi connectivity index (χ4v) is 1.42. The lowest BCUT2D eigenvalue weighted by Crippen LogP contribution is -1.93. The average molecular weight is 163 g/mol. The number of hydrogen-bond donors (Lipinski definition) is 1. The van der Waals surface area contributed by atoms with Crippen molar-refractivity contribution >= 4 is 5.69 Å². The van der Waals surface area contributed by atoms with Crippen LogP contribution in [0.4, 0.5) is 5.69 Å². The number of methoxy groups -OCH3 is 1. The summed E-state index contributed by atoms with van der Waals surface area (Å²) in [5, 5.41) is 0. The number of rotatable bonds is 2. The summed E-state index contributed by atoms with van der Waals surface area (Å²) >= 11 is 0. The normalized spacial score (nSPS) is 16.1. The third kappa shape index (κ3) is 1.24. The highest BCUT2D eigenvalue weighted by Crippen LogP contribution is 2.41. The predicted molar refractivity (Wildman–Crippen MR) is 49.4 cm³/mol. The van der Waals surface area contributed by atoms with Crippen molar-refractivity contribution in [3.05, 3.63) is 23.8 Å². The maximum Gasteiger partial charge on any atom is 0.141 e. The SMILES string of the molecule is COc1ccc(C2CC2)cc1N. The molecule has 2 N–H and O–H groups in total. The van der Waals surface area contributed by atoms with Gasteiger partial charge in [0.2, 0.25) is 0 Å². The summed E-state index contributed by atoms with van der Waals surface area (Å²) in [4.78, 5) is 0. The predicted octanol–water partition coefficient (Wildman–Crippen LogP) is 2.15. The molecule has 0 amide bonds. The van der Waals surface area contributed by atoms with E-state index in [0.29, 0.717) is 0 Å². The van der Waals surface area contributed by atoms with Crippen molar-refractivity contribution in [2.24, 2.45) is 0 Å². The lowest BCUT2D eigenvalue weighted by Gasteiger charge is -2.05. The van der Waals surface area contributed by atoms with Gasteiger partial charge >= 0.3 is 0 Å². The minimum atomic E-state index is 0.752. The van der Waals surface area contributed by atoms with Crippen LogP contribution in [-0.4, -0.2) is 7.11 Å². The van der Waals surface area contributed by atoms with E-state index in [0.717, 1.165) is 17.4 Å². The molecule has 2 rings (SSSR count). The standard InChI is InChI=1S/C10H13NO/c1-12-10-5-4-8(6-9(10)11)7-2-3-7/h4-7H,2-3,11H2,1H3. The second kappa shape index (κ2) is 2.70. The maximum atomic E-state index is 5.77. The van der Waals surface area contributed by atoms with E-state index in [9.17, 15) is 0 Å². The molecule has 0 aliphatic heterocycles. The molecular formula is C10H13NO. The molecular weight excluding hydrogens is 150 g/mol. The lowest BCUT2D eigenvalue weighted by atomic mass is 10.1. The van der Waals surface area contributed by atoms with Gasteiger partial charge in [-0.2, -0.15) is 0 Å². The van der Waals surface area contributed by atoms with Crippen LogP contribution in [0.1, 0.15) is 24.3 Å². The summed E-state index contributed by atoms with van der Waals surface area (Å²) in [6, 6.07) is 6.08. The van der Waals surface area contributed by atoms with Gasteiger partial charge in [0.1, 0.15) is 5.75 Å². The Bertz CT molecular complexity index is 292. The molecule has 0 atom stereocenters. The Morgan fingerprint density at radius 2 is 2.17 bits per heavy atom. The third-order valence-corrected chi connectivity index (χ3v) is 2.30. The van der Waals surface area contributed by atoms with E-state index in [4.69, 9.17) is 10.5 Å². The number of benzene rings is 1. The number of nitrogen functional groups attached to an aromatic ring is 1. The van der Waals surface area contributed by atoms with E-state index >= 15 is 0 Å². The van der Waals surface area contributed by atoms with Gasteiger partial charge in [0.05, 0.1) is 12.8 Å². The van der Waals surface area contributed by atoms with Gasteiger partial charge in [0, 0.05) is 0 Å². The first-order chi connectivity index (χ1) is 5.81. The molecule has 12 heavy (non-hydrogen) atoms. The summed E-state index contributed by atoms with van der Waals surface area (Å²) < 4.78 is 5.08. The van der Waals surface area contributed by atoms with Gasteiger partial charge in [-0.25, -0.2) is 0 Å². The molecule has 1 fully saturated rings. The number of anilines is 1. The molecule has 1 aromatic carbocycles. The zero-order chi connectivity index (χ0) is 8.55. The van der Waals surface area contributed by atoms with Crippen LogP contribution in [0.15, 0.2) is 18.2 Å². The monoisotopic (exact) mass is 163 g/mol. The number of ether oxygens (including phenoxy) is 1. The van der Waals surface area contributed by atoms with Crippen molar-refractivity contribution in [1.29, 1.82) is 0 Å². The van der Waals surface area contributed by atoms with Gasteiger partial charge in [-0.05, 0) is 36.5 Å². The smallest absolute Gasteiger partial charge is 0.141 e.